The molecule has 0 saturated heterocycles. The lowest BCUT2D eigenvalue weighted by atomic mass is 10.1. The minimum Gasteiger partial charge on any atom is -0.350 e. The van der Waals surface area contributed by atoms with Crippen LogP contribution in [0.1, 0.15) is 23.5 Å². The zero-order valence-electron chi connectivity index (χ0n) is 11.6. The lowest BCUT2D eigenvalue weighted by Crippen LogP contribution is -2.24. The zero-order chi connectivity index (χ0) is 14.7. The summed E-state index contributed by atoms with van der Waals surface area (Å²) in [4.78, 5) is 12.7. The molecular weight excluding hydrogens is 266 g/mol. The molecule has 0 aliphatic carbocycles. The monoisotopic (exact) mass is 281 g/mol. The fourth-order valence-electron chi connectivity index (χ4n) is 2.22. The molecule has 0 aliphatic rings. The highest BCUT2D eigenvalue weighted by Gasteiger charge is 2.25. The van der Waals surface area contributed by atoms with E-state index in [1.165, 1.54) is 4.68 Å². The molecule has 0 amide bonds. The number of rotatable bonds is 5. The molecule has 3 rings (SSSR count). The van der Waals surface area contributed by atoms with Gasteiger partial charge in [-0.25, -0.2) is 4.68 Å². The summed E-state index contributed by atoms with van der Waals surface area (Å²) in [7, 11) is 0. The van der Waals surface area contributed by atoms with Crippen LogP contribution in [0.15, 0.2) is 54.6 Å². The molecule has 1 atom stereocenters. The van der Waals surface area contributed by atoms with Crippen LogP contribution in [0.4, 0.5) is 0 Å². The van der Waals surface area contributed by atoms with E-state index in [0.717, 1.165) is 11.0 Å². The molecule has 21 heavy (non-hydrogen) atoms. The summed E-state index contributed by atoms with van der Waals surface area (Å²) >= 11 is 0. The number of ketones is 1. The zero-order valence-corrected chi connectivity index (χ0v) is 11.6. The Balaban J connectivity index is 2.04. The standard InChI is InChI=1S/C16H15N3O2/c1-2-21-16(15(20)12-8-4-3-5-9-12)19-14-11-7-6-10-13(14)17-18-19/h3-11,16H,2H2,1H3. The lowest BCUT2D eigenvalue weighted by Gasteiger charge is -2.16. The van der Waals surface area contributed by atoms with Crippen molar-refractivity contribution < 1.29 is 9.53 Å². The number of carbonyl (C=O) groups excluding carboxylic acids is 1. The van der Waals surface area contributed by atoms with Crippen LogP contribution in [0.5, 0.6) is 0 Å². The van der Waals surface area contributed by atoms with Gasteiger partial charge in [-0.2, -0.15) is 0 Å². The van der Waals surface area contributed by atoms with Gasteiger partial charge in [0.05, 0.1) is 5.52 Å². The summed E-state index contributed by atoms with van der Waals surface area (Å²) in [6, 6.07) is 16.6. The summed E-state index contributed by atoms with van der Waals surface area (Å²) in [5.74, 6) is -0.131. The molecule has 0 aliphatic heterocycles. The number of carbonyl (C=O) groups is 1. The molecule has 0 radical (unpaired) electrons. The SMILES string of the molecule is CCOC(C(=O)c1ccccc1)n1nnc2ccccc21. The van der Waals surface area contributed by atoms with Gasteiger partial charge < -0.3 is 4.74 Å². The molecule has 1 unspecified atom stereocenters. The maximum atomic E-state index is 12.7. The van der Waals surface area contributed by atoms with E-state index in [1.54, 1.807) is 12.1 Å². The van der Waals surface area contributed by atoms with E-state index in [0.29, 0.717) is 12.2 Å². The smallest absolute Gasteiger partial charge is 0.216 e. The van der Waals surface area contributed by atoms with Crippen molar-refractivity contribution in [1.29, 1.82) is 0 Å². The van der Waals surface area contributed by atoms with Crippen molar-refractivity contribution in [2.45, 2.75) is 13.2 Å². The van der Waals surface area contributed by atoms with E-state index in [-0.39, 0.29) is 5.78 Å². The van der Waals surface area contributed by atoms with Gasteiger partial charge in [0.2, 0.25) is 12.0 Å². The number of hydrogen-bond acceptors (Lipinski definition) is 4. The van der Waals surface area contributed by atoms with E-state index in [1.807, 2.05) is 49.4 Å². The van der Waals surface area contributed by atoms with Crippen LogP contribution < -0.4 is 0 Å². The van der Waals surface area contributed by atoms with Gasteiger partial charge in [-0.15, -0.1) is 5.10 Å². The number of benzene rings is 2. The van der Waals surface area contributed by atoms with Crippen LogP contribution in [0.3, 0.4) is 0 Å². The summed E-state index contributed by atoms with van der Waals surface area (Å²) in [6.07, 6.45) is -0.801. The molecule has 0 spiro atoms. The topological polar surface area (TPSA) is 57.0 Å². The number of aromatic nitrogens is 3. The van der Waals surface area contributed by atoms with Crippen LogP contribution in [-0.2, 0) is 4.74 Å². The number of ether oxygens (including phenoxy) is 1. The molecule has 2 aromatic carbocycles. The van der Waals surface area contributed by atoms with E-state index in [4.69, 9.17) is 4.74 Å². The van der Waals surface area contributed by atoms with Crippen molar-refractivity contribution in [3.8, 4) is 0 Å². The van der Waals surface area contributed by atoms with Gasteiger partial charge in [0, 0.05) is 12.2 Å². The predicted octanol–water partition coefficient (Wildman–Crippen LogP) is 2.85. The molecule has 3 aromatic rings. The Morgan fingerprint density at radius 1 is 1.14 bits per heavy atom. The molecular formula is C16H15N3O2. The van der Waals surface area contributed by atoms with Gasteiger partial charge >= 0.3 is 0 Å². The van der Waals surface area contributed by atoms with Crippen molar-refractivity contribution >= 4 is 16.8 Å². The quantitative estimate of drug-likeness (QED) is 0.675. The highest BCUT2D eigenvalue weighted by atomic mass is 16.5. The molecule has 0 N–H and O–H groups in total. The Morgan fingerprint density at radius 2 is 1.86 bits per heavy atom. The van der Waals surface area contributed by atoms with Crippen LogP contribution in [0.25, 0.3) is 11.0 Å². The number of Topliss-reactive ketones (excluding diaryl/α,β-unsaturated/α-hetero) is 1. The first-order valence-corrected chi connectivity index (χ1v) is 6.82. The van der Waals surface area contributed by atoms with Gasteiger partial charge in [-0.05, 0) is 19.1 Å². The Bertz CT molecular complexity index is 752. The molecule has 0 bridgehead atoms. The Hall–Kier alpha value is -2.53. The van der Waals surface area contributed by atoms with Gasteiger partial charge in [0.25, 0.3) is 0 Å². The van der Waals surface area contributed by atoms with Gasteiger partial charge in [-0.1, -0.05) is 47.7 Å². The third kappa shape index (κ3) is 2.55. The van der Waals surface area contributed by atoms with Gasteiger partial charge in [0.15, 0.2) is 0 Å². The molecule has 0 saturated carbocycles. The van der Waals surface area contributed by atoms with Gasteiger partial charge in [0.1, 0.15) is 5.52 Å². The summed E-state index contributed by atoms with van der Waals surface area (Å²) < 4.78 is 7.16. The Morgan fingerprint density at radius 3 is 2.62 bits per heavy atom. The number of hydrogen-bond donors (Lipinski definition) is 0. The van der Waals surface area contributed by atoms with Crippen molar-refractivity contribution in [1.82, 2.24) is 15.0 Å². The Labute approximate surface area is 122 Å². The first-order valence-electron chi connectivity index (χ1n) is 6.82. The predicted molar refractivity (Wildman–Crippen MR) is 79.0 cm³/mol. The van der Waals surface area contributed by atoms with Crippen LogP contribution in [-0.4, -0.2) is 27.4 Å². The number of fused-ring (bicyclic) bond motifs is 1. The van der Waals surface area contributed by atoms with Crippen molar-refractivity contribution in [3.63, 3.8) is 0 Å². The first-order chi connectivity index (χ1) is 10.3. The average molecular weight is 281 g/mol. The maximum Gasteiger partial charge on any atom is 0.216 e. The van der Waals surface area contributed by atoms with Crippen LogP contribution in [0.2, 0.25) is 0 Å². The second-order valence-corrected chi connectivity index (χ2v) is 4.56. The third-order valence-corrected chi connectivity index (χ3v) is 3.21. The van der Waals surface area contributed by atoms with E-state index < -0.39 is 6.23 Å². The third-order valence-electron chi connectivity index (χ3n) is 3.21. The van der Waals surface area contributed by atoms with Crippen molar-refractivity contribution in [2.24, 2.45) is 0 Å². The Kier molecular flexibility index (Phi) is 3.75. The van der Waals surface area contributed by atoms with E-state index in [9.17, 15) is 4.79 Å². The number of para-hydroxylation sites is 1. The molecule has 1 heterocycles. The van der Waals surface area contributed by atoms with Gasteiger partial charge in [-0.3, -0.25) is 4.79 Å². The average Bonchev–Trinajstić information content (AvgIpc) is 2.97. The summed E-state index contributed by atoms with van der Waals surface area (Å²) in [6.45, 7) is 2.27. The lowest BCUT2D eigenvalue weighted by molar-refractivity contribution is 0.0103. The van der Waals surface area contributed by atoms with E-state index in [2.05, 4.69) is 10.3 Å². The summed E-state index contributed by atoms with van der Waals surface area (Å²) in [5.41, 5.74) is 2.11. The summed E-state index contributed by atoms with van der Waals surface area (Å²) in [5, 5.41) is 8.16. The van der Waals surface area contributed by atoms with Crippen molar-refractivity contribution in [2.75, 3.05) is 6.61 Å². The first kappa shape index (κ1) is 13.5. The highest BCUT2D eigenvalue weighted by Crippen LogP contribution is 2.20. The second kappa shape index (κ2) is 5.85. The molecule has 5 heteroatoms. The normalized spacial score (nSPS) is 12.4. The molecule has 0 fully saturated rings. The van der Waals surface area contributed by atoms with E-state index >= 15 is 0 Å². The maximum absolute atomic E-state index is 12.7. The fourth-order valence-corrected chi connectivity index (χ4v) is 2.22. The van der Waals surface area contributed by atoms with Crippen molar-refractivity contribution in [3.05, 3.63) is 60.2 Å². The second-order valence-electron chi connectivity index (χ2n) is 4.56. The van der Waals surface area contributed by atoms with Crippen LogP contribution >= 0.6 is 0 Å². The molecule has 5 nitrogen and oxygen atoms in total. The minimum absolute atomic E-state index is 0.131. The number of nitrogens with zero attached hydrogens (tertiary/aromatic N) is 3. The molecule has 1 aromatic heterocycles. The fraction of sp³-hybridized carbons (Fsp3) is 0.188. The largest absolute Gasteiger partial charge is 0.350 e. The highest BCUT2D eigenvalue weighted by molar-refractivity contribution is 5.98. The minimum atomic E-state index is -0.801. The molecule has 106 valence electrons. The van der Waals surface area contributed by atoms with Crippen LogP contribution in [0, 0.1) is 0 Å².